The predicted octanol–water partition coefficient (Wildman–Crippen LogP) is 4.99. The van der Waals surface area contributed by atoms with Gasteiger partial charge in [0.15, 0.2) is 0 Å². The Morgan fingerprint density at radius 3 is 1.70 bits per heavy atom. The Balaban J connectivity index is 1.73. The van der Waals surface area contributed by atoms with Gasteiger partial charge in [0.1, 0.15) is 0 Å². The highest BCUT2D eigenvalue weighted by molar-refractivity contribution is 5.96. The summed E-state index contributed by atoms with van der Waals surface area (Å²) in [6.07, 6.45) is 3.79. The largest absolute Gasteiger partial charge is 0.481 e. The minimum absolute atomic E-state index is 0.0942. The molecule has 1 aliphatic rings. The van der Waals surface area contributed by atoms with Crippen molar-refractivity contribution >= 4 is 23.3 Å². The van der Waals surface area contributed by atoms with Gasteiger partial charge in [-0.2, -0.15) is 0 Å². The third kappa shape index (κ3) is 4.67. The van der Waals surface area contributed by atoms with Crippen LogP contribution in [0, 0.1) is 22.0 Å². The van der Waals surface area contributed by atoms with Crippen molar-refractivity contribution in [1.29, 1.82) is 0 Å². The van der Waals surface area contributed by atoms with Gasteiger partial charge in [0.05, 0.1) is 16.8 Å². The summed E-state index contributed by atoms with van der Waals surface area (Å²) in [5.41, 5.74) is 1.94. The molecule has 4 rings (SSSR count). The molecule has 0 fully saturated rings. The first kappa shape index (κ1) is 22.0. The molecule has 0 aliphatic heterocycles. The molecule has 3 aromatic carbocycles. The number of nitrogens with one attached hydrogen (secondary N) is 1. The van der Waals surface area contributed by atoms with E-state index in [2.05, 4.69) is 5.32 Å². The fourth-order valence-corrected chi connectivity index (χ4v) is 4.44. The number of benzene rings is 3. The quantitative estimate of drug-likeness (QED) is 0.318. The number of amides is 1. The summed E-state index contributed by atoms with van der Waals surface area (Å²) in [7, 11) is 0. The van der Waals surface area contributed by atoms with Gasteiger partial charge in [-0.05, 0) is 23.3 Å². The molecule has 166 valence electrons. The molecule has 2 N–H and O–H groups in total. The third-order valence-corrected chi connectivity index (χ3v) is 5.99. The van der Waals surface area contributed by atoms with E-state index in [9.17, 15) is 24.8 Å². The molecule has 0 radical (unpaired) electrons. The highest BCUT2D eigenvalue weighted by atomic mass is 16.6. The number of rotatable bonds is 6. The lowest BCUT2D eigenvalue weighted by molar-refractivity contribution is -0.384. The minimum atomic E-state index is -1.06. The van der Waals surface area contributed by atoms with E-state index in [1.807, 2.05) is 72.8 Å². The molecule has 1 amide bonds. The molecule has 3 aromatic rings. The number of non-ortho nitro benzene ring substituents is 1. The van der Waals surface area contributed by atoms with Gasteiger partial charge in [-0.25, -0.2) is 0 Å². The molecule has 1 aliphatic carbocycles. The van der Waals surface area contributed by atoms with Crippen molar-refractivity contribution in [2.45, 2.75) is 11.8 Å². The number of carboxylic acids is 1. The summed E-state index contributed by atoms with van der Waals surface area (Å²) in [5, 5.41) is 23.9. The topological polar surface area (TPSA) is 110 Å². The molecule has 0 spiro atoms. The fourth-order valence-electron chi connectivity index (χ4n) is 4.44. The SMILES string of the molecule is O=C(Nc1ccc([N+](=O)[O-])cc1)[C@H]1[C@H](C(=O)O)[C@H](c2ccccc2)C=C[C@@H]1c1ccccc1. The Bertz CT molecular complexity index is 1180. The molecule has 0 heterocycles. The zero-order valence-corrected chi connectivity index (χ0v) is 17.6. The summed E-state index contributed by atoms with van der Waals surface area (Å²) >= 11 is 0. The highest BCUT2D eigenvalue weighted by Gasteiger charge is 2.46. The first-order valence-corrected chi connectivity index (χ1v) is 10.5. The fraction of sp³-hybridized carbons (Fsp3) is 0.154. The molecule has 0 saturated heterocycles. The minimum Gasteiger partial charge on any atom is -0.481 e. The number of anilines is 1. The van der Waals surface area contributed by atoms with E-state index < -0.39 is 40.5 Å². The number of carbonyl (C=O) groups is 2. The first-order chi connectivity index (χ1) is 16.0. The maximum absolute atomic E-state index is 13.5. The molecule has 0 bridgehead atoms. The van der Waals surface area contributed by atoms with Crippen molar-refractivity contribution in [2.75, 3.05) is 5.32 Å². The monoisotopic (exact) mass is 442 g/mol. The zero-order valence-electron chi connectivity index (χ0n) is 17.6. The highest BCUT2D eigenvalue weighted by Crippen LogP contribution is 2.45. The number of nitrogens with zero attached hydrogens (tertiary/aromatic N) is 1. The number of nitro groups is 1. The molecule has 4 atom stereocenters. The Hall–Kier alpha value is -4.26. The zero-order chi connectivity index (χ0) is 23.4. The van der Waals surface area contributed by atoms with Crippen LogP contribution in [-0.4, -0.2) is 21.9 Å². The van der Waals surface area contributed by atoms with Gasteiger partial charge in [0.25, 0.3) is 5.69 Å². The average Bonchev–Trinajstić information content (AvgIpc) is 2.84. The lowest BCUT2D eigenvalue weighted by atomic mass is 9.66. The Labute approximate surface area is 190 Å². The second kappa shape index (κ2) is 9.48. The van der Waals surface area contributed by atoms with Crippen LogP contribution in [0.25, 0.3) is 0 Å². The Morgan fingerprint density at radius 1 is 0.758 bits per heavy atom. The molecule has 0 aromatic heterocycles. The summed E-state index contributed by atoms with van der Waals surface area (Å²) in [6, 6.07) is 24.1. The van der Waals surface area contributed by atoms with Crippen molar-refractivity contribution in [3.05, 3.63) is 118 Å². The second-order valence-electron chi connectivity index (χ2n) is 7.94. The van der Waals surface area contributed by atoms with E-state index >= 15 is 0 Å². The summed E-state index contributed by atoms with van der Waals surface area (Å²) < 4.78 is 0. The molecule has 0 unspecified atom stereocenters. The van der Waals surface area contributed by atoms with Gasteiger partial charge in [0.2, 0.25) is 5.91 Å². The Kier molecular flexibility index (Phi) is 6.31. The van der Waals surface area contributed by atoms with E-state index in [0.717, 1.165) is 11.1 Å². The molecule has 0 saturated carbocycles. The van der Waals surface area contributed by atoms with Crippen LogP contribution in [0.3, 0.4) is 0 Å². The smallest absolute Gasteiger partial charge is 0.308 e. The second-order valence-corrected chi connectivity index (χ2v) is 7.94. The Morgan fingerprint density at radius 2 is 1.24 bits per heavy atom. The van der Waals surface area contributed by atoms with Gasteiger partial charge < -0.3 is 10.4 Å². The normalized spacial score (nSPS) is 21.8. The molecular weight excluding hydrogens is 420 g/mol. The lowest BCUT2D eigenvalue weighted by Gasteiger charge is -2.37. The number of allylic oxidation sites excluding steroid dienone is 2. The number of carbonyl (C=O) groups excluding carboxylic acids is 1. The van der Waals surface area contributed by atoms with Crippen molar-refractivity contribution in [3.8, 4) is 0 Å². The molecule has 33 heavy (non-hydrogen) atoms. The van der Waals surface area contributed by atoms with Crippen molar-refractivity contribution in [1.82, 2.24) is 0 Å². The van der Waals surface area contributed by atoms with Gasteiger partial charge in [-0.3, -0.25) is 19.7 Å². The maximum Gasteiger partial charge on any atom is 0.308 e. The van der Waals surface area contributed by atoms with Crippen LogP contribution in [0.5, 0.6) is 0 Å². The number of hydrogen-bond acceptors (Lipinski definition) is 4. The van der Waals surface area contributed by atoms with Gasteiger partial charge >= 0.3 is 5.97 Å². The van der Waals surface area contributed by atoms with E-state index in [-0.39, 0.29) is 5.69 Å². The number of hydrogen-bond donors (Lipinski definition) is 2. The van der Waals surface area contributed by atoms with Crippen molar-refractivity contribution in [3.63, 3.8) is 0 Å². The van der Waals surface area contributed by atoms with Crippen LogP contribution < -0.4 is 5.32 Å². The van der Waals surface area contributed by atoms with Crippen LogP contribution in [-0.2, 0) is 9.59 Å². The average molecular weight is 442 g/mol. The van der Waals surface area contributed by atoms with Gasteiger partial charge in [0, 0.05) is 29.7 Å². The molecule has 7 heteroatoms. The van der Waals surface area contributed by atoms with E-state index in [0.29, 0.717) is 5.69 Å². The van der Waals surface area contributed by atoms with Crippen molar-refractivity contribution in [2.24, 2.45) is 11.8 Å². The van der Waals surface area contributed by atoms with Crippen LogP contribution in [0.1, 0.15) is 23.0 Å². The number of carboxylic acid groups (broad SMARTS) is 1. The summed E-state index contributed by atoms with van der Waals surface area (Å²) in [6.45, 7) is 0. The number of nitro benzene ring substituents is 1. The molecular formula is C26H22N2O5. The first-order valence-electron chi connectivity index (χ1n) is 10.5. The summed E-state index contributed by atoms with van der Waals surface area (Å²) in [5.74, 6) is -4.31. The maximum atomic E-state index is 13.5. The van der Waals surface area contributed by atoms with Crippen LogP contribution in [0.15, 0.2) is 97.1 Å². The predicted molar refractivity (Wildman–Crippen MR) is 124 cm³/mol. The van der Waals surface area contributed by atoms with Gasteiger partial charge in [-0.15, -0.1) is 0 Å². The summed E-state index contributed by atoms with van der Waals surface area (Å²) in [4.78, 5) is 36.4. The lowest BCUT2D eigenvalue weighted by Crippen LogP contribution is -2.42. The molecule has 7 nitrogen and oxygen atoms in total. The van der Waals surface area contributed by atoms with E-state index in [1.165, 1.54) is 24.3 Å². The number of aliphatic carboxylic acids is 1. The van der Waals surface area contributed by atoms with Gasteiger partial charge in [-0.1, -0.05) is 72.8 Å². The van der Waals surface area contributed by atoms with Crippen LogP contribution >= 0.6 is 0 Å². The van der Waals surface area contributed by atoms with E-state index in [4.69, 9.17) is 0 Å². The van der Waals surface area contributed by atoms with Crippen LogP contribution in [0.2, 0.25) is 0 Å². The van der Waals surface area contributed by atoms with Crippen LogP contribution in [0.4, 0.5) is 11.4 Å². The van der Waals surface area contributed by atoms with Crippen molar-refractivity contribution < 1.29 is 19.6 Å². The van der Waals surface area contributed by atoms with E-state index in [1.54, 1.807) is 0 Å². The third-order valence-electron chi connectivity index (χ3n) is 5.99. The standard InChI is InChI=1S/C26H22N2O5/c29-25(27-19-11-13-20(14-12-19)28(32)33)23-21(17-7-3-1-4-8-17)15-16-22(24(23)26(30)31)18-9-5-2-6-10-18/h1-16,21-24H,(H,27,29)(H,30,31)/t21-,22+,23-,24-/m1/s1.